The second-order valence-electron chi connectivity index (χ2n) is 8.86. The molecule has 0 aliphatic carbocycles. The molecule has 0 amide bonds. The molecule has 164 valence electrons. The molecule has 0 fully saturated rings. The van der Waals surface area contributed by atoms with Gasteiger partial charge in [0.05, 0.1) is 11.2 Å². The molecule has 5 aromatic carbocycles. The van der Waals surface area contributed by atoms with Crippen LogP contribution in [0.5, 0.6) is 0 Å². The van der Waals surface area contributed by atoms with Gasteiger partial charge in [-0.2, -0.15) is 5.10 Å². The van der Waals surface area contributed by atoms with E-state index >= 15 is 0 Å². The molecule has 2 aromatic heterocycles. The maximum Gasteiger partial charge on any atom is 0.102 e. The topological polar surface area (TPSA) is 17.3 Å². The van der Waals surface area contributed by atoms with Crippen molar-refractivity contribution in [2.75, 3.05) is 0 Å². The molecule has 2 heterocycles. The zero-order valence-electron chi connectivity index (χ0n) is 19.1. The predicted molar refractivity (Wildman–Crippen MR) is 147 cm³/mol. The van der Waals surface area contributed by atoms with Gasteiger partial charge in [-0.3, -0.25) is 0 Å². The fourth-order valence-corrected chi connectivity index (χ4v) is 5.20. The number of rotatable bonds is 3. The van der Waals surface area contributed by atoms with Gasteiger partial charge in [-0.25, -0.2) is 4.52 Å². The monoisotopic (exact) mass is 446 g/mol. The Bertz CT molecular complexity index is 1830. The molecule has 0 saturated heterocycles. The second kappa shape index (κ2) is 7.96. The van der Waals surface area contributed by atoms with Crippen molar-refractivity contribution >= 4 is 27.1 Å². The number of aromatic nitrogens is 2. The number of nitrogens with zero attached hydrogens (tertiary/aromatic N) is 2. The Labute approximate surface area is 203 Å². The van der Waals surface area contributed by atoms with Crippen molar-refractivity contribution in [3.05, 3.63) is 133 Å². The van der Waals surface area contributed by atoms with Crippen molar-refractivity contribution < 1.29 is 0 Å². The van der Waals surface area contributed by atoms with E-state index in [0.717, 1.165) is 33.6 Å². The molecule has 2 nitrogen and oxygen atoms in total. The quantitative estimate of drug-likeness (QED) is 0.265. The van der Waals surface area contributed by atoms with Crippen LogP contribution in [0.25, 0.3) is 60.7 Å². The van der Waals surface area contributed by atoms with Crippen LogP contribution in [0.2, 0.25) is 0 Å². The smallest absolute Gasteiger partial charge is 0.102 e. The molecule has 0 unspecified atom stereocenters. The first-order valence-corrected chi connectivity index (χ1v) is 11.9. The Morgan fingerprint density at radius 3 is 1.86 bits per heavy atom. The van der Waals surface area contributed by atoms with E-state index in [4.69, 9.17) is 5.10 Å². The summed E-state index contributed by atoms with van der Waals surface area (Å²) < 4.78 is 2.15. The number of hydrogen-bond donors (Lipinski definition) is 0. The van der Waals surface area contributed by atoms with Crippen LogP contribution in [0.3, 0.4) is 0 Å². The SMILES string of the molecule is c1ccc(-c2c(-c3cccc4ccccc34)nn3c(-c4ccccc4)cc4ccccc4c23)cc1. The molecule has 0 spiro atoms. The van der Waals surface area contributed by atoms with Gasteiger partial charge in [-0.1, -0.05) is 127 Å². The first kappa shape index (κ1) is 19.7. The third-order valence-electron chi connectivity index (χ3n) is 6.80. The maximum atomic E-state index is 5.35. The van der Waals surface area contributed by atoms with E-state index in [1.165, 1.54) is 27.1 Å². The number of fused-ring (bicyclic) bond motifs is 4. The Hall–Kier alpha value is -4.69. The third-order valence-corrected chi connectivity index (χ3v) is 6.80. The molecule has 0 N–H and O–H groups in total. The highest BCUT2D eigenvalue weighted by atomic mass is 15.2. The summed E-state index contributed by atoms with van der Waals surface area (Å²) in [5.74, 6) is 0. The highest BCUT2D eigenvalue weighted by Gasteiger charge is 2.22. The fourth-order valence-electron chi connectivity index (χ4n) is 5.20. The minimum atomic E-state index is 1.00. The molecule has 0 radical (unpaired) electrons. The molecule has 7 rings (SSSR count). The van der Waals surface area contributed by atoms with Crippen molar-refractivity contribution in [3.8, 4) is 33.6 Å². The van der Waals surface area contributed by atoms with Gasteiger partial charge in [-0.15, -0.1) is 0 Å². The van der Waals surface area contributed by atoms with Crippen molar-refractivity contribution in [2.24, 2.45) is 0 Å². The molecule has 0 aliphatic heterocycles. The normalized spacial score (nSPS) is 11.4. The van der Waals surface area contributed by atoms with Crippen LogP contribution in [-0.2, 0) is 0 Å². The summed E-state index contributed by atoms with van der Waals surface area (Å²) in [7, 11) is 0. The summed E-state index contributed by atoms with van der Waals surface area (Å²) in [6.45, 7) is 0. The third kappa shape index (κ3) is 3.15. The molecule has 0 bridgehead atoms. The number of pyridine rings is 1. The lowest BCUT2D eigenvalue weighted by Gasteiger charge is -2.10. The van der Waals surface area contributed by atoms with Gasteiger partial charge < -0.3 is 0 Å². The van der Waals surface area contributed by atoms with E-state index in [2.05, 4.69) is 138 Å². The number of hydrogen-bond acceptors (Lipinski definition) is 1. The molecule has 0 atom stereocenters. The molecule has 0 saturated carbocycles. The van der Waals surface area contributed by atoms with Crippen molar-refractivity contribution in [2.45, 2.75) is 0 Å². The van der Waals surface area contributed by atoms with Crippen molar-refractivity contribution in [3.63, 3.8) is 0 Å². The largest absolute Gasteiger partial charge is 0.231 e. The zero-order valence-corrected chi connectivity index (χ0v) is 19.1. The summed E-state index contributed by atoms with van der Waals surface area (Å²) in [6, 6.07) is 47.1. The standard InChI is InChI=1S/C33H22N2/c1-3-13-24(14-4-1)30-22-26-17-8-10-20-28(26)33-31(25-15-5-2-6-16-25)32(34-35(30)33)29-21-11-18-23-12-7-9-19-27(23)29/h1-22H. The average molecular weight is 447 g/mol. The lowest BCUT2D eigenvalue weighted by atomic mass is 9.94. The Kier molecular flexibility index (Phi) is 4.49. The Morgan fingerprint density at radius 1 is 0.486 bits per heavy atom. The van der Waals surface area contributed by atoms with Crippen LogP contribution in [0.15, 0.2) is 133 Å². The molecular weight excluding hydrogens is 424 g/mol. The maximum absolute atomic E-state index is 5.35. The summed E-state index contributed by atoms with van der Waals surface area (Å²) in [4.78, 5) is 0. The van der Waals surface area contributed by atoms with E-state index in [1.807, 2.05) is 0 Å². The summed E-state index contributed by atoms with van der Waals surface area (Å²) in [6.07, 6.45) is 0. The van der Waals surface area contributed by atoms with Crippen LogP contribution in [0.4, 0.5) is 0 Å². The van der Waals surface area contributed by atoms with Gasteiger partial charge >= 0.3 is 0 Å². The van der Waals surface area contributed by atoms with Gasteiger partial charge in [0, 0.05) is 22.1 Å². The van der Waals surface area contributed by atoms with Crippen LogP contribution in [-0.4, -0.2) is 9.61 Å². The van der Waals surface area contributed by atoms with Crippen molar-refractivity contribution in [1.29, 1.82) is 0 Å². The lowest BCUT2D eigenvalue weighted by Crippen LogP contribution is -1.95. The highest BCUT2D eigenvalue weighted by molar-refractivity contribution is 6.10. The van der Waals surface area contributed by atoms with Crippen molar-refractivity contribution in [1.82, 2.24) is 9.61 Å². The second-order valence-corrected chi connectivity index (χ2v) is 8.86. The van der Waals surface area contributed by atoms with Gasteiger partial charge in [0.1, 0.15) is 5.69 Å². The lowest BCUT2D eigenvalue weighted by molar-refractivity contribution is 0.980. The van der Waals surface area contributed by atoms with E-state index in [-0.39, 0.29) is 0 Å². The van der Waals surface area contributed by atoms with Crippen LogP contribution < -0.4 is 0 Å². The van der Waals surface area contributed by atoms with Crippen LogP contribution >= 0.6 is 0 Å². The zero-order chi connectivity index (χ0) is 23.2. The van der Waals surface area contributed by atoms with E-state index < -0.39 is 0 Å². The Balaban J connectivity index is 1.70. The molecule has 0 aliphatic rings. The minimum absolute atomic E-state index is 1.00. The Morgan fingerprint density at radius 2 is 1.09 bits per heavy atom. The molecular formula is C33H22N2. The first-order chi connectivity index (χ1) is 17.4. The minimum Gasteiger partial charge on any atom is -0.231 e. The summed E-state index contributed by atoms with van der Waals surface area (Å²) in [5, 5.41) is 10.2. The molecule has 2 heteroatoms. The van der Waals surface area contributed by atoms with Gasteiger partial charge in [-0.05, 0) is 27.8 Å². The van der Waals surface area contributed by atoms with E-state index in [1.54, 1.807) is 0 Å². The highest BCUT2D eigenvalue weighted by Crippen LogP contribution is 2.42. The van der Waals surface area contributed by atoms with E-state index in [9.17, 15) is 0 Å². The van der Waals surface area contributed by atoms with Crippen LogP contribution in [0.1, 0.15) is 0 Å². The molecule has 35 heavy (non-hydrogen) atoms. The fraction of sp³-hybridized carbons (Fsp3) is 0. The summed E-state index contributed by atoms with van der Waals surface area (Å²) in [5.41, 5.74) is 7.85. The van der Waals surface area contributed by atoms with Gasteiger partial charge in [0.2, 0.25) is 0 Å². The summed E-state index contributed by atoms with van der Waals surface area (Å²) >= 11 is 0. The number of benzene rings is 5. The van der Waals surface area contributed by atoms with E-state index in [0.29, 0.717) is 0 Å². The van der Waals surface area contributed by atoms with Gasteiger partial charge in [0.15, 0.2) is 0 Å². The van der Waals surface area contributed by atoms with Gasteiger partial charge in [0.25, 0.3) is 0 Å². The predicted octanol–water partition coefficient (Wildman–Crippen LogP) is 8.64. The first-order valence-electron chi connectivity index (χ1n) is 11.9. The molecule has 7 aromatic rings. The van der Waals surface area contributed by atoms with Crippen LogP contribution in [0, 0.1) is 0 Å². The average Bonchev–Trinajstić information content (AvgIpc) is 3.34.